The number of halogens is 1. The van der Waals surface area contributed by atoms with E-state index in [1.807, 2.05) is 18.2 Å². The van der Waals surface area contributed by atoms with Crippen molar-refractivity contribution in [2.75, 3.05) is 7.11 Å². The van der Waals surface area contributed by atoms with Crippen LogP contribution in [0, 0.1) is 11.8 Å². The molecule has 2 rings (SSSR count). The summed E-state index contributed by atoms with van der Waals surface area (Å²) >= 11 is 3.53. The first kappa shape index (κ1) is 15.6. The van der Waals surface area contributed by atoms with E-state index >= 15 is 0 Å². The number of hydrogen-bond acceptors (Lipinski definition) is 2. The molecule has 1 aromatic rings. The SMILES string of the molecule is CCC1CCC(C(=O)Cc2cc(OC)ccc2Br)CC1. The molecule has 0 atom stereocenters. The minimum atomic E-state index is 0.260. The molecule has 2 nitrogen and oxygen atoms in total. The number of hydrogen-bond donors (Lipinski definition) is 0. The molecule has 0 saturated heterocycles. The van der Waals surface area contributed by atoms with Crippen molar-refractivity contribution >= 4 is 21.7 Å². The van der Waals surface area contributed by atoms with Crippen LogP contribution in [0.25, 0.3) is 0 Å². The van der Waals surface area contributed by atoms with E-state index in [1.165, 1.54) is 19.3 Å². The Kier molecular flexibility index (Phi) is 5.64. The van der Waals surface area contributed by atoms with E-state index in [-0.39, 0.29) is 5.92 Å². The lowest BCUT2D eigenvalue weighted by Gasteiger charge is -2.27. The van der Waals surface area contributed by atoms with E-state index < -0.39 is 0 Å². The monoisotopic (exact) mass is 338 g/mol. The molecule has 110 valence electrons. The summed E-state index contributed by atoms with van der Waals surface area (Å²) in [6.07, 6.45) is 6.33. The molecule has 20 heavy (non-hydrogen) atoms. The fourth-order valence-electron chi connectivity index (χ4n) is 3.04. The minimum absolute atomic E-state index is 0.260. The molecule has 0 amide bonds. The normalized spacial score (nSPS) is 22.6. The van der Waals surface area contributed by atoms with Crippen LogP contribution in [0.1, 0.15) is 44.6 Å². The summed E-state index contributed by atoms with van der Waals surface area (Å²) in [5.41, 5.74) is 1.03. The van der Waals surface area contributed by atoms with Gasteiger partial charge in [-0.15, -0.1) is 0 Å². The quantitative estimate of drug-likeness (QED) is 0.771. The largest absolute Gasteiger partial charge is 0.497 e. The van der Waals surface area contributed by atoms with Gasteiger partial charge < -0.3 is 4.74 Å². The summed E-state index contributed by atoms with van der Waals surface area (Å²) in [5, 5.41) is 0. The number of ether oxygens (including phenoxy) is 1. The summed E-state index contributed by atoms with van der Waals surface area (Å²) in [6, 6.07) is 5.82. The van der Waals surface area contributed by atoms with Crippen molar-refractivity contribution in [1.29, 1.82) is 0 Å². The molecule has 1 fully saturated rings. The zero-order valence-electron chi connectivity index (χ0n) is 12.3. The third-order valence-electron chi connectivity index (χ3n) is 4.50. The first-order valence-corrected chi connectivity index (χ1v) is 8.28. The Morgan fingerprint density at radius 2 is 2.00 bits per heavy atom. The first-order chi connectivity index (χ1) is 9.63. The third kappa shape index (κ3) is 3.85. The highest BCUT2D eigenvalue weighted by Gasteiger charge is 2.25. The second-order valence-corrected chi connectivity index (χ2v) is 6.58. The lowest BCUT2D eigenvalue weighted by atomic mass is 9.78. The van der Waals surface area contributed by atoms with E-state index in [1.54, 1.807) is 7.11 Å². The summed E-state index contributed by atoms with van der Waals surface area (Å²) in [7, 11) is 1.65. The van der Waals surface area contributed by atoms with Gasteiger partial charge in [0.2, 0.25) is 0 Å². The molecular formula is C17H23BrO2. The maximum absolute atomic E-state index is 12.5. The van der Waals surface area contributed by atoms with Crippen LogP contribution in [0.4, 0.5) is 0 Å². The van der Waals surface area contributed by atoms with Gasteiger partial charge >= 0.3 is 0 Å². The molecule has 1 saturated carbocycles. The highest BCUT2D eigenvalue weighted by molar-refractivity contribution is 9.10. The van der Waals surface area contributed by atoms with Crippen LogP contribution in [0.3, 0.4) is 0 Å². The molecule has 0 spiro atoms. The predicted octanol–water partition coefficient (Wildman–Crippen LogP) is 4.79. The molecular weight excluding hydrogens is 316 g/mol. The third-order valence-corrected chi connectivity index (χ3v) is 5.27. The van der Waals surface area contributed by atoms with Gasteiger partial charge in [-0.1, -0.05) is 29.3 Å². The van der Waals surface area contributed by atoms with Crippen LogP contribution in [0.5, 0.6) is 5.75 Å². The lowest BCUT2D eigenvalue weighted by molar-refractivity contribution is -0.123. The van der Waals surface area contributed by atoms with E-state index in [4.69, 9.17) is 4.74 Å². The number of methoxy groups -OCH3 is 1. The average molecular weight is 339 g/mol. The molecule has 0 N–H and O–H groups in total. The number of carbonyl (C=O) groups is 1. The summed E-state index contributed by atoms with van der Waals surface area (Å²) in [6.45, 7) is 2.25. The van der Waals surface area contributed by atoms with Crippen LogP contribution in [0.2, 0.25) is 0 Å². The maximum atomic E-state index is 12.5. The molecule has 0 aromatic heterocycles. The molecule has 3 heteroatoms. The van der Waals surface area contributed by atoms with Gasteiger partial charge in [-0.3, -0.25) is 4.79 Å². The Hall–Kier alpha value is -0.830. The van der Waals surface area contributed by atoms with Crippen molar-refractivity contribution in [3.63, 3.8) is 0 Å². The van der Waals surface area contributed by atoms with Crippen molar-refractivity contribution in [3.8, 4) is 5.75 Å². The second-order valence-electron chi connectivity index (χ2n) is 5.73. The van der Waals surface area contributed by atoms with Crippen LogP contribution < -0.4 is 4.74 Å². The van der Waals surface area contributed by atoms with Crippen molar-refractivity contribution < 1.29 is 9.53 Å². The van der Waals surface area contributed by atoms with Gasteiger partial charge in [-0.05, 0) is 55.4 Å². The lowest BCUT2D eigenvalue weighted by Crippen LogP contribution is -2.23. The Morgan fingerprint density at radius 3 is 2.60 bits per heavy atom. The molecule has 1 aliphatic carbocycles. The summed E-state index contributed by atoms with van der Waals surface area (Å²) in [5.74, 6) is 2.29. The number of rotatable bonds is 5. The van der Waals surface area contributed by atoms with Gasteiger partial charge in [0.15, 0.2) is 0 Å². The van der Waals surface area contributed by atoms with Crippen LogP contribution >= 0.6 is 15.9 Å². The zero-order valence-corrected chi connectivity index (χ0v) is 13.9. The number of carbonyl (C=O) groups excluding carboxylic acids is 1. The van der Waals surface area contributed by atoms with Gasteiger partial charge in [0.1, 0.15) is 11.5 Å². The minimum Gasteiger partial charge on any atom is -0.497 e. The van der Waals surface area contributed by atoms with Gasteiger partial charge in [0.25, 0.3) is 0 Å². The van der Waals surface area contributed by atoms with Crippen molar-refractivity contribution in [2.24, 2.45) is 11.8 Å². The zero-order chi connectivity index (χ0) is 14.5. The highest BCUT2D eigenvalue weighted by atomic mass is 79.9. The van der Waals surface area contributed by atoms with Crippen molar-refractivity contribution in [3.05, 3.63) is 28.2 Å². The van der Waals surface area contributed by atoms with Gasteiger partial charge in [-0.2, -0.15) is 0 Å². The number of Topliss-reactive ketones (excluding diaryl/α,β-unsaturated/α-hetero) is 1. The maximum Gasteiger partial charge on any atom is 0.140 e. The smallest absolute Gasteiger partial charge is 0.140 e. The van der Waals surface area contributed by atoms with Gasteiger partial charge in [0, 0.05) is 16.8 Å². The van der Waals surface area contributed by atoms with Crippen LogP contribution in [0.15, 0.2) is 22.7 Å². The first-order valence-electron chi connectivity index (χ1n) is 7.49. The van der Waals surface area contributed by atoms with Crippen LogP contribution in [-0.4, -0.2) is 12.9 Å². The predicted molar refractivity (Wildman–Crippen MR) is 85.1 cm³/mol. The van der Waals surface area contributed by atoms with E-state index in [2.05, 4.69) is 22.9 Å². The van der Waals surface area contributed by atoms with Crippen molar-refractivity contribution in [2.45, 2.75) is 45.4 Å². The van der Waals surface area contributed by atoms with Crippen LogP contribution in [-0.2, 0) is 11.2 Å². The Labute approximate surface area is 130 Å². The van der Waals surface area contributed by atoms with Gasteiger partial charge in [0.05, 0.1) is 7.11 Å². The Balaban J connectivity index is 1.98. The summed E-state index contributed by atoms with van der Waals surface area (Å²) in [4.78, 5) is 12.5. The number of ketones is 1. The second kappa shape index (κ2) is 7.26. The highest BCUT2D eigenvalue weighted by Crippen LogP contribution is 2.32. The molecule has 1 aliphatic rings. The molecule has 0 unspecified atom stereocenters. The fourth-order valence-corrected chi connectivity index (χ4v) is 3.43. The topological polar surface area (TPSA) is 26.3 Å². The van der Waals surface area contributed by atoms with E-state index in [9.17, 15) is 4.79 Å². The molecule has 1 aromatic carbocycles. The number of benzene rings is 1. The molecule has 0 radical (unpaired) electrons. The van der Waals surface area contributed by atoms with Gasteiger partial charge in [-0.25, -0.2) is 0 Å². The van der Waals surface area contributed by atoms with E-state index in [0.717, 1.165) is 34.5 Å². The fraction of sp³-hybridized carbons (Fsp3) is 0.588. The Morgan fingerprint density at radius 1 is 1.30 bits per heavy atom. The molecule has 0 heterocycles. The van der Waals surface area contributed by atoms with Crippen molar-refractivity contribution in [1.82, 2.24) is 0 Å². The standard InChI is InChI=1S/C17H23BrO2/c1-3-12-4-6-13(7-5-12)17(19)11-14-10-15(20-2)8-9-16(14)18/h8-10,12-13H,3-7,11H2,1-2H3. The average Bonchev–Trinajstić information content (AvgIpc) is 2.49. The molecule has 0 aliphatic heterocycles. The van der Waals surface area contributed by atoms with E-state index in [0.29, 0.717) is 12.2 Å². The Bertz CT molecular complexity index is 462. The molecule has 0 bridgehead atoms. The summed E-state index contributed by atoms with van der Waals surface area (Å²) < 4.78 is 6.23.